The van der Waals surface area contributed by atoms with Crippen LogP contribution in [0.2, 0.25) is 5.02 Å². The van der Waals surface area contributed by atoms with Gasteiger partial charge in [-0.1, -0.05) is 66.2 Å². The topological polar surface area (TPSA) is 77.0 Å². The first-order valence-corrected chi connectivity index (χ1v) is 11.4. The lowest BCUT2D eigenvalue weighted by Gasteiger charge is -2.12. The molecule has 0 unspecified atom stereocenters. The first kappa shape index (κ1) is 24.0. The number of carbonyl (C=O) groups is 2. The van der Waals surface area contributed by atoms with E-state index in [-0.39, 0.29) is 23.6 Å². The molecule has 0 aliphatic carbocycles. The number of rotatable bonds is 8. The molecule has 7 heteroatoms. The molecular formula is C28H23ClN2O4. The molecule has 6 nitrogen and oxygen atoms in total. The molecule has 0 saturated heterocycles. The number of fused-ring (bicyclic) bond motifs is 1. The average molecular weight is 487 g/mol. The lowest BCUT2D eigenvalue weighted by molar-refractivity contribution is -0.120. The molecule has 0 radical (unpaired) electrons. The molecule has 1 N–H and O–H groups in total. The molecule has 176 valence electrons. The van der Waals surface area contributed by atoms with Gasteiger partial charge in [0.25, 0.3) is 0 Å². The molecule has 0 bridgehead atoms. The molecular weight excluding hydrogens is 464 g/mol. The fourth-order valence-corrected chi connectivity index (χ4v) is 3.79. The van der Waals surface area contributed by atoms with Gasteiger partial charge in [-0.15, -0.1) is 0 Å². The van der Waals surface area contributed by atoms with Crippen LogP contribution in [0.3, 0.4) is 0 Å². The van der Waals surface area contributed by atoms with Crippen molar-refractivity contribution in [3.05, 3.63) is 107 Å². The van der Waals surface area contributed by atoms with Crippen LogP contribution in [0.5, 0.6) is 11.5 Å². The van der Waals surface area contributed by atoms with Gasteiger partial charge in [0, 0.05) is 0 Å². The summed E-state index contributed by atoms with van der Waals surface area (Å²) in [5.41, 5.74) is 4.41. The molecule has 0 spiro atoms. The van der Waals surface area contributed by atoms with Crippen LogP contribution in [0.15, 0.2) is 90.0 Å². The second kappa shape index (κ2) is 11.3. The standard InChI is InChI=1S/C28H23ClN2O4/c1-2-34-26-16-19(14-15-25(26)35-28(33)23-12-5-6-13-24(23)29)18-30-31-27(32)17-21-10-7-9-20-8-3-4-11-22(20)21/h3-16,18H,2,17H2,1H3,(H,31,32). The molecule has 0 heterocycles. The Hall–Kier alpha value is -4.16. The number of nitrogens with one attached hydrogen (secondary N) is 1. The minimum Gasteiger partial charge on any atom is -0.490 e. The number of nitrogens with zero attached hydrogens (tertiary/aromatic N) is 1. The monoisotopic (exact) mass is 486 g/mol. The molecule has 0 aromatic heterocycles. The van der Waals surface area contributed by atoms with Gasteiger partial charge in [0.1, 0.15) is 0 Å². The third-order valence-corrected chi connectivity index (χ3v) is 5.53. The number of benzene rings is 4. The Morgan fingerprint density at radius 3 is 2.54 bits per heavy atom. The van der Waals surface area contributed by atoms with Crippen LogP contribution < -0.4 is 14.9 Å². The SMILES string of the molecule is CCOc1cc(C=NNC(=O)Cc2cccc3ccccc23)ccc1OC(=O)c1ccccc1Cl. The van der Waals surface area contributed by atoms with Crippen molar-refractivity contribution < 1.29 is 19.1 Å². The van der Waals surface area contributed by atoms with Gasteiger partial charge in [-0.2, -0.15) is 5.10 Å². The van der Waals surface area contributed by atoms with Gasteiger partial charge in [-0.3, -0.25) is 4.79 Å². The zero-order valence-electron chi connectivity index (χ0n) is 19.0. The van der Waals surface area contributed by atoms with Crippen molar-refractivity contribution in [1.29, 1.82) is 0 Å². The smallest absolute Gasteiger partial charge is 0.345 e. The number of hydrazone groups is 1. The normalized spacial score (nSPS) is 10.9. The van der Waals surface area contributed by atoms with Gasteiger partial charge in [-0.25, -0.2) is 10.2 Å². The predicted molar refractivity (Wildman–Crippen MR) is 137 cm³/mol. The first-order valence-electron chi connectivity index (χ1n) is 11.1. The summed E-state index contributed by atoms with van der Waals surface area (Å²) in [5.74, 6) is -0.181. The largest absolute Gasteiger partial charge is 0.490 e. The quantitative estimate of drug-likeness (QED) is 0.148. The van der Waals surface area contributed by atoms with Gasteiger partial charge < -0.3 is 9.47 Å². The van der Waals surface area contributed by atoms with Crippen molar-refractivity contribution in [1.82, 2.24) is 5.43 Å². The van der Waals surface area contributed by atoms with Gasteiger partial charge in [0.05, 0.1) is 29.8 Å². The Morgan fingerprint density at radius 1 is 0.943 bits per heavy atom. The van der Waals surface area contributed by atoms with Crippen molar-refractivity contribution in [2.24, 2.45) is 5.10 Å². The molecule has 35 heavy (non-hydrogen) atoms. The summed E-state index contributed by atoms with van der Waals surface area (Å²) in [6.07, 6.45) is 1.71. The molecule has 4 aromatic rings. The van der Waals surface area contributed by atoms with E-state index in [0.29, 0.717) is 22.9 Å². The third kappa shape index (κ3) is 6.05. The highest BCUT2D eigenvalue weighted by Gasteiger charge is 2.15. The highest BCUT2D eigenvalue weighted by Crippen LogP contribution is 2.29. The van der Waals surface area contributed by atoms with E-state index >= 15 is 0 Å². The van der Waals surface area contributed by atoms with Crippen LogP contribution in [0.1, 0.15) is 28.4 Å². The molecule has 0 fully saturated rings. The van der Waals surface area contributed by atoms with Crippen LogP contribution in [0, 0.1) is 0 Å². The van der Waals surface area contributed by atoms with Crippen molar-refractivity contribution >= 4 is 40.5 Å². The summed E-state index contributed by atoms with van der Waals surface area (Å²) in [4.78, 5) is 25.0. The van der Waals surface area contributed by atoms with Crippen LogP contribution in [-0.2, 0) is 11.2 Å². The number of esters is 1. The Bertz CT molecular complexity index is 1400. The molecule has 0 atom stereocenters. The average Bonchev–Trinajstić information content (AvgIpc) is 2.86. The fourth-order valence-electron chi connectivity index (χ4n) is 3.58. The van der Waals surface area contributed by atoms with Gasteiger partial charge in [0.2, 0.25) is 5.91 Å². The highest BCUT2D eigenvalue weighted by molar-refractivity contribution is 6.33. The number of carbonyl (C=O) groups excluding carboxylic acids is 2. The number of amides is 1. The highest BCUT2D eigenvalue weighted by atomic mass is 35.5. The molecule has 0 saturated carbocycles. The minimum atomic E-state index is -0.585. The molecule has 4 rings (SSSR count). The molecule has 4 aromatic carbocycles. The number of hydrogen-bond acceptors (Lipinski definition) is 5. The van der Waals surface area contributed by atoms with Crippen LogP contribution in [0.4, 0.5) is 0 Å². The van der Waals surface area contributed by atoms with E-state index in [9.17, 15) is 9.59 Å². The second-order valence-electron chi connectivity index (χ2n) is 7.62. The van der Waals surface area contributed by atoms with Crippen LogP contribution in [0.25, 0.3) is 10.8 Å². The van der Waals surface area contributed by atoms with E-state index < -0.39 is 5.97 Å². The maximum Gasteiger partial charge on any atom is 0.345 e. The van der Waals surface area contributed by atoms with Crippen LogP contribution >= 0.6 is 11.6 Å². The van der Waals surface area contributed by atoms with Crippen LogP contribution in [-0.4, -0.2) is 24.7 Å². The van der Waals surface area contributed by atoms with Crippen molar-refractivity contribution in [3.63, 3.8) is 0 Å². The summed E-state index contributed by atoms with van der Waals surface area (Å²) >= 11 is 6.09. The number of hydrogen-bond donors (Lipinski definition) is 1. The minimum absolute atomic E-state index is 0.208. The zero-order valence-corrected chi connectivity index (χ0v) is 19.8. The third-order valence-electron chi connectivity index (χ3n) is 5.20. The van der Waals surface area contributed by atoms with E-state index in [4.69, 9.17) is 21.1 Å². The molecule has 0 aliphatic heterocycles. The fraction of sp³-hybridized carbons (Fsp3) is 0.107. The predicted octanol–water partition coefficient (Wildman–Crippen LogP) is 5.80. The van der Waals surface area contributed by atoms with Gasteiger partial charge in [0.15, 0.2) is 11.5 Å². The van der Waals surface area contributed by atoms with E-state index in [1.807, 2.05) is 49.4 Å². The van der Waals surface area contributed by atoms with E-state index in [1.54, 1.807) is 42.5 Å². The summed E-state index contributed by atoms with van der Waals surface area (Å²) in [6.45, 7) is 2.20. The zero-order chi connectivity index (χ0) is 24.6. The summed E-state index contributed by atoms with van der Waals surface area (Å²) in [7, 11) is 0. The summed E-state index contributed by atoms with van der Waals surface area (Å²) < 4.78 is 11.1. The lowest BCUT2D eigenvalue weighted by Crippen LogP contribution is -2.19. The Labute approximate surface area is 208 Å². The maximum absolute atomic E-state index is 12.5. The summed E-state index contributed by atoms with van der Waals surface area (Å²) in [6, 6.07) is 25.5. The first-order chi connectivity index (χ1) is 17.0. The van der Waals surface area contributed by atoms with Gasteiger partial charge in [-0.05, 0) is 59.2 Å². The van der Waals surface area contributed by atoms with Crippen molar-refractivity contribution in [2.75, 3.05) is 6.61 Å². The van der Waals surface area contributed by atoms with E-state index in [1.165, 1.54) is 6.21 Å². The Balaban J connectivity index is 1.42. The maximum atomic E-state index is 12.5. The Kier molecular flexibility index (Phi) is 7.75. The van der Waals surface area contributed by atoms with Crippen molar-refractivity contribution in [2.45, 2.75) is 13.3 Å². The van der Waals surface area contributed by atoms with E-state index in [2.05, 4.69) is 10.5 Å². The number of halogens is 1. The number of ether oxygens (including phenoxy) is 2. The molecule has 0 aliphatic rings. The summed E-state index contributed by atoms with van der Waals surface area (Å²) in [5, 5.41) is 6.49. The Morgan fingerprint density at radius 2 is 1.71 bits per heavy atom. The molecule has 1 amide bonds. The van der Waals surface area contributed by atoms with Crippen molar-refractivity contribution in [3.8, 4) is 11.5 Å². The van der Waals surface area contributed by atoms with Gasteiger partial charge >= 0.3 is 5.97 Å². The van der Waals surface area contributed by atoms with E-state index in [0.717, 1.165) is 16.3 Å². The lowest BCUT2D eigenvalue weighted by atomic mass is 10.0. The second-order valence-corrected chi connectivity index (χ2v) is 8.02.